The number of aliphatic hydroxyl groups is 1. The van der Waals surface area contributed by atoms with Crippen molar-refractivity contribution in [3.05, 3.63) is 25.3 Å². The van der Waals surface area contributed by atoms with Crippen molar-refractivity contribution in [3.8, 4) is 0 Å². The zero-order valence-electron chi connectivity index (χ0n) is 22.4. The van der Waals surface area contributed by atoms with Gasteiger partial charge in [-0.25, -0.2) is 0 Å². The maximum absolute atomic E-state index is 14.2. The maximum Gasteiger partial charge on any atom is 0.310 e. The predicted octanol–water partition coefficient (Wildman–Crippen LogP) is 3.81. The van der Waals surface area contributed by atoms with Crippen molar-refractivity contribution in [2.75, 3.05) is 19.8 Å². The molecule has 3 rings (SSSR count). The van der Waals surface area contributed by atoms with Gasteiger partial charge in [0.2, 0.25) is 11.8 Å². The summed E-state index contributed by atoms with van der Waals surface area (Å²) in [6.45, 7) is 16.0. The number of ether oxygens (including phenoxy) is 1. The Morgan fingerprint density at radius 1 is 1.28 bits per heavy atom. The molecule has 1 spiro atoms. The fourth-order valence-electron chi connectivity index (χ4n) is 6.32. The average molecular weight is 521 g/mol. The first-order valence-corrected chi connectivity index (χ1v) is 14.4. The number of allylic oxidation sites excluding steroid dienone is 1. The number of esters is 1. The molecule has 0 aliphatic carbocycles. The normalized spacial score (nSPS) is 30.3. The van der Waals surface area contributed by atoms with Gasteiger partial charge in [0.25, 0.3) is 0 Å². The minimum Gasteiger partial charge on any atom is -0.465 e. The molecule has 3 heterocycles. The Morgan fingerprint density at radius 2 is 2.00 bits per heavy atom. The van der Waals surface area contributed by atoms with E-state index in [9.17, 15) is 19.5 Å². The molecule has 7 atom stereocenters. The van der Waals surface area contributed by atoms with Crippen LogP contribution in [0.15, 0.2) is 25.3 Å². The number of unbranched alkanes of at least 4 members (excludes halogenated alkanes) is 2. The van der Waals surface area contributed by atoms with Crippen LogP contribution in [0.2, 0.25) is 0 Å². The van der Waals surface area contributed by atoms with Gasteiger partial charge in [-0.05, 0) is 51.9 Å². The lowest BCUT2D eigenvalue weighted by Gasteiger charge is -2.42. The third kappa shape index (κ3) is 5.00. The van der Waals surface area contributed by atoms with Crippen molar-refractivity contribution >= 4 is 29.5 Å². The third-order valence-corrected chi connectivity index (χ3v) is 10.3. The van der Waals surface area contributed by atoms with Crippen LogP contribution in [0.3, 0.4) is 0 Å². The van der Waals surface area contributed by atoms with E-state index in [-0.39, 0.29) is 41.6 Å². The number of nitrogens with zero attached hydrogens (tertiary/aromatic N) is 2. The van der Waals surface area contributed by atoms with Crippen LogP contribution >= 0.6 is 11.8 Å². The summed E-state index contributed by atoms with van der Waals surface area (Å²) in [6, 6.07) is -1.27. The number of amides is 2. The van der Waals surface area contributed by atoms with Crippen molar-refractivity contribution in [1.29, 1.82) is 0 Å². The molecule has 36 heavy (non-hydrogen) atoms. The summed E-state index contributed by atoms with van der Waals surface area (Å²) in [6.07, 6.45) is 8.33. The number of fused-ring (bicyclic) bond motifs is 1. The second kappa shape index (κ2) is 12.2. The van der Waals surface area contributed by atoms with Crippen LogP contribution in [0.1, 0.15) is 66.2 Å². The minimum atomic E-state index is -0.719. The zero-order chi connectivity index (χ0) is 26.6. The van der Waals surface area contributed by atoms with Crippen LogP contribution < -0.4 is 0 Å². The molecule has 3 fully saturated rings. The van der Waals surface area contributed by atoms with Crippen molar-refractivity contribution in [2.45, 2.75) is 94.3 Å². The summed E-state index contributed by atoms with van der Waals surface area (Å²) in [5, 5.41) is 10.4. The number of carbonyl (C=O) groups is 3. The lowest BCUT2D eigenvalue weighted by atomic mass is 9.71. The Labute approximate surface area is 220 Å². The molecule has 2 bridgehead atoms. The van der Waals surface area contributed by atoms with E-state index in [0.29, 0.717) is 19.6 Å². The molecular formula is C28H44N2O5S. The lowest BCUT2D eigenvalue weighted by molar-refractivity contribution is -0.155. The number of rotatable bonds is 14. The summed E-state index contributed by atoms with van der Waals surface area (Å²) in [7, 11) is 0. The van der Waals surface area contributed by atoms with Gasteiger partial charge in [0.05, 0.1) is 35.8 Å². The van der Waals surface area contributed by atoms with Crippen molar-refractivity contribution in [1.82, 2.24) is 9.80 Å². The number of carbonyl (C=O) groups excluding carboxylic acids is 3. The van der Waals surface area contributed by atoms with E-state index in [2.05, 4.69) is 13.2 Å². The second-order valence-electron chi connectivity index (χ2n) is 10.8. The number of likely N-dealkylation sites (tertiary alicyclic amines) is 1. The van der Waals surface area contributed by atoms with Gasteiger partial charge < -0.3 is 19.6 Å². The van der Waals surface area contributed by atoms with Crippen LogP contribution in [0.4, 0.5) is 0 Å². The monoisotopic (exact) mass is 520 g/mol. The maximum atomic E-state index is 14.2. The van der Waals surface area contributed by atoms with Crippen LogP contribution in [0.25, 0.3) is 0 Å². The van der Waals surface area contributed by atoms with Crippen molar-refractivity contribution in [3.63, 3.8) is 0 Å². The molecule has 202 valence electrons. The molecule has 0 aromatic heterocycles. The molecule has 0 aromatic rings. The molecule has 8 heteroatoms. The first-order chi connectivity index (χ1) is 17.2. The van der Waals surface area contributed by atoms with Gasteiger partial charge in [-0.3, -0.25) is 14.4 Å². The largest absolute Gasteiger partial charge is 0.465 e. The minimum absolute atomic E-state index is 0.00819. The van der Waals surface area contributed by atoms with Gasteiger partial charge in [0.15, 0.2) is 0 Å². The number of hydrogen-bond donors (Lipinski definition) is 1. The van der Waals surface area contributed by atoms with Gasteiger partial charge in [0, 0.05) is 17.8 Å². The lowest BCUT2D eigenvalue weighted by Crippen LogP contribution is -2.59. The number of thioether (sulfide) groups is 1. The van der Waals surface area contributed by atoms with E-state index in [0.717, 1.165) is 32.1 Å². The van der Waals surface area contributed by atoms with E-state index in [4.69, 9.17) is 4.74 Å². The highest BCUT2D eigenvalue weighted by Gasteiger charge is 2.75. The van der Waals surface area contributed by atoms with E-state index >= 15 is 0 Å². The molecule has 1 N–H and O–H groups in total. The molecule has 3 aliphatic heterocycles. The van der Waals surface area contributed by atoms with Gasteiger partial charge in [0.1, 0.15) is 6.04 Å². The fraction of sp³-hybridized carbons (Fsp3) is 0.750. The van der Waals surface area contributed by atoms with Crippen LogP contribution in [-0.2, 0) is 19.1 Å². The Balaban J connectivity index is 1.98. The van der Waals surface area contributed by atoms with E-state index in [1.807, 2.05) is 33.8 Å². The van der Waals surface area contributed by atoms with E-state index in [1.165, 1.54) is 0 Å². The molecule has 3 aliphatic rings. The highest BCUT2D eigenvalue weighted by atomic mass is 32.2. The van der Waals surface area contributed by atoms with Crippen molar-refractivity contribution < 1.29 is 24.2 Å². The number of hydrogen-bond acceptors (Lipinski definition) is 6. The quantitative estimate of drug-likeness (QED) is 0.213. The topological polar surface area (TPSA) is 87.1 Å². The van der Waals surface area contributed by atoms with Crippen LogP contribution in [0, 0.1) is 17.8 Å². The molecule has 2 amide bonds. The highest BCUT2D eigenvalue weighted by molar-refractivity contribution is 8.02. The fourth-order valence-corrected chi connectivity index (χ4v) is 8.51. The summed E-state index contributed by atoms with van der Waals surface area (Å²) >= 11 is 1.64. The smallest absolute Gasteiger partial charge is 0.310 e. The standard InChI is InChI=1S/C28H44N2O5S/c1-7-10-11-12-16-35-27(34)22-21-13-14-28(36-21)23(22)25(32)30(20(17-31)19(6)9-3)24(28)26(33)29(15-8-2)18(4)5/h7-8,18-24,31H,1-2,9-17H2,3-6H3/t19-,20-,21+,22-,23-,24?,28?/m0/s1. The van der Waals surface area contributed by atoms with Crippen LogP contribution in [0.5, 0.6) is 0 Å². The Kier molecular flexibility index (Phi) is 9.72. The third-order valence-electron chi connectivity index (χ3n) is 8.37. The first kappa shape index (κ1) is 28.8. The molecule has 0 radical (unpaired) electrons. The molecular weight excluding hydrogens is 476 g/mol. The van der Waals surface area contributed by atoms with Crippen LogP contribution in [-0.4, -0.2) is 80.6 Å². The Morgan fingerprint density at radius 3 is 2.58 bits per heavy atom. The Bertz CT molecular complexity index is 848. The first-order valence-electron chi connectivity index (χ1n) is 13.5. The summed E-state index contributed by atoms with van der Waals surface area (Å²) in [5.74, 6) is -1.78. The highest BCUT2D eigenvalue weighted by Crippen LogP contribution is 2.67. The summed E-state index contributed by atoms with van der Waals surface area (Å²) in [5.41, 5.74) is 0. The SMILES string of the molecule is C=CCCCCOC(=O)[C@@H]1[C@H]2C(=O)N([C@@H](CO)[C@@H](C)CC)C(C(=O)N(CC=C)C(C)C)C23CC[C@H]1S3. The summed E-state index contributed by atoms with van der Waals surface area (Å²) < 4.78 is 4.99. The van der Waals surface area contributed by atoms with E-state index < -0.39 is 28.7 Å². The molecule has 0 saturated carbocycles. The van der Waals surface area contributed by atoms with Gasteiger partial charge >= 0.3 is 5.97 Å². The van der Waals surface area contributed by atoms with Crippen molar-refractivity contribution in [2.24, 2.45) is 17.8 Å². The van der Waals surface area contributed by atoms with E-state index in [1.54, 1.807) is 27.6 Å². The molecule has 3 saturated heterocycles. The number of aliphatic hydroxyl groups excluding tert-OH is 1. The zero-order valence-corrected chi connectivity index (χ0v) is 23.2. The molecule has 2 unspecified atom stereocenters. The predicted molar refractivity (Wildman–Crippen MR) is 143 cm³/mol. The average Bonchev–Trinajstić information content (AvgIpc) is 3.49. The van der Waals surface area contributed by atoms with Gasteiger partial charge in [-0.2, -0.15) is 0 Å². The molecule has 7 nitrogen and oxygen atoms in total. The summed E-state index contributed by atoms with van der Waals surface area (Å²) in [4.78, 5) is 45.1. The Hall–Kier alpha value is -1.80. The van der Waals surface area contributed by atoms with Gasteiger partial charge in [-0.1, -0.05) is 32.4 Å². The second-order valence-corrected chi connectivity index (χ2v) is 12.4. The van der Waals surface area contributed by atoms with Gasteiger partial charge in [-0.15, -0.1) is 24.9 Å². The molecule has 0 aromatic carbocycles.